The minimum atomic E-state index is 0.332. The molecule has 4 heteroatoms. The van der Waals surface area contributed by atoms with Gasteiger partial charge in [0, 0.05) is 12.4 Å². The first kappa shape index (κ1) is 9.68. The van der Waals surface area contributed by atoms with Gasteiger partial charge in [0.05, 0.1) is 0 Å². The van der Waals surface area contributed by atoms with Gasteiger partial charge in [-0.25, -0.2) is 0 Å². The van der Waals surface area contributed by atoms with Gasteiger partial charge in [0.25, 0.3) is 0 Å². The molecule has 2 rings (SSSR count). The van der Waals surface area contributed by atoms with Crippen molar-refractivity contribution in [3.63, 3.8) is 0 Å². The Morgan fingerprint density at radius 1 is 1.36 bits per heavy atom. The Bertz CT molecular complexity index is 341. The largest absolute Gasteiger partial charge is 0.454 e. The van der Waals surface area contributed by atoms with E-state index < -0.39 is 0 Å². The predicted molar refractivity (Wildman–Crippen MR) is 58.0 cm³/mol. The van der Waals surface area contributed by atoms with Gasteiger partial charge in [-0.2, -0.15) is 12.6 Å². The molecule has 0 radical (unpaired) electrons. The zero-order valence-electron chi connectivity index (χ0n) is 8.04. The van der Waals surface area contributed by atoms with E-state index in [-0.39, 0.29) is 0 Å². The number of ether oxygens (including phenoxy) is 2. The van der Waals surface area contributed by atoms with Crippen molar-refractivity contribution in [2.24, 2.45) is 0 Å². The number of benzene rings is 1. The summed E-state index contributed by atoms with van der Waals surface area (Å²) in [7, 11) is 0. The van der Waals surface area contributed by atoms with E-state index in [1.807, 2.05) is 12.1 Å². The average Bonchev–Trinajstić information content (AvgIpc) is 2.61. The van der Waals surface area contributed by atoms with E-state index >= 15 is 0 Å². The van der Waals surface area contributed by atoms with E-state index in [0.717, 1.165) is 18.0 Å². The molecule has 1 aliphatic rings. The van der Waals surface area contributed by atoms with Crippen LogP contribution in [0.15, 0.2) is 12.1 Å². The molecule has 1 heterocycles. The zero-order chi connectivity index (χ0) is 9.97. The number of fused-ring (bicyclic) bond motifs is 1. The van der Waals surface area contributed by atoms with Gasteiger partial charge in [0.15, 0.2) is 11.5 Å². The van der Waals surface area contributed by atoms with Gasteiger partial charge in [0.1, 0.15) is 0 Å². The second-order valence-corrected chi connectivity index (χ2v) is 3.53. The molecule has 0 unspecified atom stereocenters. The summed E-state index contributed by atoms with van der Waals surface area (Å²) < 4.78 is 10.6. The van der Waals surface area contributed by atoms with Crippen LogP contribution < -0.4 is 14.8 Å². The molecule has 0 saturated carbocycles. The number of hydrogen-bond acceptors (Lipinski definition) is 4. The van der Waals surface area contributed by atoms with Crippen LogP contribution in [0.25, 0.3) is 0 Å². The monoisotopic (exact) mass is 211 g/mol. The lowest BCUT2D eigenvalue weighted by molar-refractivity contribution is 0.174. The predicted octanol–water partition coefficient (Wildman–Crippen LogP) is 1.70. The van der Waals surface area contributed by atoms with E-state index in [1.54, 1.807) is 0 Å². The Kier molecular flexibility index (Phi) is 2.84. The highest BCUT2D eigenvalue weighted by atomic mass is 32.1. The van der Waals surface area contributed by atoms with Crippen LogP contribution in [-0.2, 0) is 6.54 Å². The maximum Gasteiger partial charge on any atom is 0.231 e. The van der Waals surface area contributed by atoms with Crippen molar-refractivity contribution in [1.82, 2.24) is 5.32 Å². The molecule has 0 bridgehead atoms. The topological polar surface area (TPSA) is 30.5 Å². The van der Waals surface area contributed by atoms with Crippen LogP contribution >= 0.6 is 12.6 Å². The molecule has 0 aliphatic carbocycles. The molecular formula is C10H13NO2S. The average molecular weight is 211 g/mol. The summed E-state index contributed by atoms with van der Waals surface area (Å²) >= 11 is 4.10. The van der Waals surface area contributed by atoms with Crippen molar-refractivity contribution in [1.29, 1.82) is 0 Å². The first-order valence-corrected chi connectivity index (χ1v) is 5.15. The molecule has 1 N–H and O–H groups in total. The van der Waals surface area contributed by atoms with Gasteiger partial charge in [0.2, 0.25) is 6.79 Å². The number of hydrogen-bond donors (Lipinski definition) is 2. The lowest BCUT2D eigenvalue weighted by atomic mass is 10.1. The summed E-state index contributed by atoms with van der Waals surface area (Å²) in [5.41, 5.74) is 2.44. The third-order valence-corrected chi connectivity index (χ3v) is 2.48. The lowest BCUT2D eigenvalue weighted by Crippen LogP contribution is -2.11. The molecule has 0 spiro atoms. The molecule has 76 valence electrons. The maximum atomic E-state index is 5.30. The fourth-order valence-electron chi connectivity index (χ4n) is 1.47. The van der Waals surface area contributed by atoms with Gasteiger partial charge in [-0.1, -0.05) is 0 Å². The fourth-order valence-corrected chi connectivity index (χ4v) is 1.58. The van der Waals surface area contributed by atoms with Crippen LogP contribution in [0.2, 0.25) is 0 Å². The summed E-state index contributed by atoms with van der Waals surface area (Å²) in [6.45, 7) is 3.21. The summed E-state index contributed by atoms with van der Waals surface area (Å²) in [6, 6.07) is 4.03. The minimum Gasteiger partial charge on any atom is -0.454 e. The molecule has 1 aromatic rings. The number of aryl methyl sites for hydroxylation is 1. The highest BCUT2D eigenvalue weighted by molar-refractivity contribution is 7.80. The Morgan fingerprint density at radius 2 is 2.07 bits per heavy atom. The Balaban J connectivity index is 2.23. The zero-order valence-corrected chi connectivity index (χ0v) is 8.93. The van der Waals surface area contributed by atoms with Crippen LogP contribution in [0.4, 0.5) is 0 Å². The van der Waals surface area contributed by atoms with Gasteiger partial charge < -0.3 is 14.8 Å². The SMILES string of the molecule is Cc1cc2c(cc1CNCS)OCO2. The molecule has 1 aromatic carbocycles. The molecule has 1 aliphatic heterocycles. The summed E-state index contributed by atoms with van der Waals surface area (Å²) in [4.78, 5) is 0. The molecule has 0 saturated heterocycles. The second kappa shape index (κ2) is 4.11. The van der Waals surface area contributed by atoms with Gasteiger partial charge in [-0.05, 0) is 30.2 Å². The molecule has 0 aromatic heterocycles. The van der Waals surface area contributed by atoms with Crippen molar-refractivity contribution < 1.29 is 9.47 Å². The molecule has 0 fully saturated rings. The third kappa shape index (κ3) is 1.81. The van der Waals surface area contributed by atoms with Crippen LogP contribution in [0.3, 0.4) is 0 Å². The first-order valence-electron chi connectivity index (χ1n) is 4.52. The van der Waals surface area contributed by atoms with Gasteiger partial charge >= 0.3 is 0 Å². The van der Waals surface area contributed by atoms with E-state index in [4.69, 9.17) is 9.47 Å². The van der Waals surface area contributed by atoms with Crippen molar-refractivity contribution in [3.8, 4) is 11.5 Å². The van der Waals surface area contributed by atoms with Crippen molar-refractivity contribution >= 4 is 12.6 Å². The van der Waals surface area contributed by atoms with Crippen molar-refractivity contribution in [3.05, 3.63) is 23.3 Å². The standard InChI is InChI=1S/C10H13NO2S/c1-7-2-9-10(13-6-12-9)3-8(7)4-11-5-14/h2-3,11,14H,4-6H2,1H3. The van der Waals surface area contributed by atoms with E-state index in [0.29, 0.717) is 12.7 Å². The highest BCUT2D eigenvalue weighted by Crippen LogP contribution is 2.34. The van der Waals surface area contributed by atoms with Crippen LogP contribution in [0.1, 0.15) is 11.1 Å². The third-order valence-electron chi connectivity index (χ3n) is 2.26. The Labute approximate surface area is 88.8 Å². The van der Waals surface area contributed by atoms with Crippen LogP contribution in [0, 0.1) is 6.92 Å². The first-order chi connectivity index (χ1) is 6.81. The van der Waals surface area contributed by atoms with E-state index in [1.165, 1.54) is 11.1 Å². The summed E-state index contributed by atoms with van der Waals surface area (Å²) in [5.74, 6) is 2.36. The second-order valence-electron chi connectivity index (χ2n) is 3.22. The summed E-state index contributed by atoms with van der Waals surface area (Å²) in [6.07, 6.45) is 0. The normalized spacial score (nSPS) is 13.3. The van der Waals surface area contributed by atoms with Crippen LogP contribution in [0.5, 0.6) is 11.5 Å². The number of rotatable bonds is 3. The van der Waals surface area contributed by atoms with E-state index in [9.17, 15) is 0 Å². The molecule has 14 heavy (non-hydrogen) atoms. The summed E-state index contributed by atoms with van der Waals surface area (Å²) in [5, 5.41) is 3.16. The molecule has 0 atom stereocenters. The van der Waals surface area contributed by atoms with Crippen LogP contribution in [-0.4, -0.2) is 12.7 Å². The fraction of sp³-hybridized carbons (Fsp3) is 0.400. The minimum absolute atomic E-state index is 0.332. The van der Waals surface area contributed by atoms with Crippen molar-refractivity contribution in [2.45, 2.75) is 13.5 Å². The smallest absolute Gasteiger partial charge is 0.231 e. The van der Waals surface area contributed by atoms with Gasteiger partial charge in [-0.3, -0.25) is 0 Å². The number of thiol groups is 1. The quantitative estimate of drug-likeness (QED) is 0.589. The molecule has 3 nitrogen and oxygen atoms in total. The number of nitrogens with one attached hydrogen (secondary N) is 1. The molecular weight excluding hydrogens is 198 g/mol. The van der Waals surface area contributed by atoms with E-state index in [2.05, 4.69) is 24.9 Å². The Hall–Kier alpha value is -0.870. The Morgan fingerprint density at radius 3 is 2.79 bits per heavy atom. The molecule has 0 amide bonds. The van der Waals surface area contributed by atoms with Gasteiger partial charge in [-0.15, -0.1) is 0 Å². The maximum absolute atomic E-state index is 5.30. The lowest BCUT2D eigenvalue weighted by Gasteiger charge is -2.07. The highest BCUT2D eigenvalue weighted by Gasteiger charge is 2.14. The van der Waals surface area contributed by atoms with Crippen molar-refractivity contribution in [2.75, 3.05) is 12.7 Å².